The standard InChI is InChI=1S/C23H19N3O/c1-16-7-3-6-10-21(16)26-22(14-13-18-12-11-17(2)24-15-18)25-20-9-5-4-8-19(20)23(26)27/h3-15H,1-2H3/b14-13+. The van der Waals surface area contributed by atoms with Crippen molar-refractivity contribution in [2.45, 2.75) is 13.8 Å². The van der Waals surface area contributed by atoms with Crippen LogP contribution >= 0.6 is 0 Å². The third-order valence-corrected chi connectivity index (χ3v) is 4.52. The molecule has 0 unspecified atom stereocenters. The first kappa shape index (κ1) is 16.9. The highest BCUT2D eigenvalue weighted by molar-refractivity contribution is 5.80. The molecule has 0 radical (unpaired) electrons. The van der Waals surface area contributed by atoms with Gasteiger partial charge in [0.2, 0.25) is 0 Å². The second-order valence-electron chi connectivity index (χ2n) is 6.48. The van der Waals surface area contributed by atoms with Crippen LogP contribution in [0.4, 0.5) is 0 Å². The lowest BCUT2D eigenvalue weighted by molar-refractivity contribution is 0.934. The van der Waals surface area contributed by atoms with Crippen molar-refractivity contribution in [3.8, 4) is 5.69 Å². The topological polar surface area (TPSA) is 47.8 Å². The van der Waals surface area contributed by atoms with Gasteiger partial charge in [-0.2, -0.15) is 0 Å². The van der Waals surface area contributed by atoms with Crippen molar-refractivity contribution in [2.24, 2.45) is 0 Å². The highest BCUT2D eigenvalue weighted by Crippen LogP contribution is 2.18. The summed E-state index contributed by atoms with van der Waals surface area (Å²) in [5.41, 5.74) is 4.39. The smallest absolute Gasteiger partial charge is 0.266 e. The Morgan fingerprint density at radius 2 is 1.67 bits per heavy atom. The molecule has 4 rings (SSSR count). The predicted octanol–water partition coefficient (Wildman–Crippen LogP) is 4.57. The van der Waals surface area contributed by atoms with Crippen LogP contribution in [-0.4, -0.2) is 14.5 Å². The summed E-state index contributed by atoms with van der Waals surface area (Å²) in [5, 5.41) is 0.606. The van der Waals surface area contributed by atoms with Gasteiger partial charge in [-0.15, -0.1) is 0 Å². The Balaban J connectivity index is 1.95. The Labute approximate surface area is 157 Å². The summed E-state index contributed by atoms with van der Waals surface area (Å²) in [4.78, 5) is 22.3. The molecular formula is C23H19N3O. The summed E-state index contributed by atoms with van der Waals surface area (Å²) in [6.45, 7) is 3.95. The molecule has 0 aliphatic rings. The van der Waals surface area contributed by atoms with Gasteiger partial charge in [0.1, 0.15) is 5.82 Å². The Morgan fingerprint density at radius 1 is 0.889 bits per heavy atom. The number of aryl methyl sites for hydroxylation is 2. The van der Waals surface area contributed by atoms with Crippen LogP contribution in [0, 0.1) is 13.8 Å². The first-order valence-electron chi connectivity index (χ1n) is 8.82. The van der Waals surface area contributed by atoms with Gasteiger partial charge in [-0.3, -0.25) is 14.3 Å². The SMILES string of the molecule is Cc1ccc(/C=C/c2nc3ccccc3c(=O)n2-c2ccccc2C)cn1. The van der Waals surface area contributed by atoms with Crippen LogP contribution in [0.1, 0.15) is 22.6 Å². The highest BCUT2D eigenvalue weighted by atomic mass is 16.1. The number of aromatic nitrogens is 3. The molecule has 27 heavy (non-hydrogen) atoms. The number of hydrogen-bond acceptors (Lipinski definition) is 3. The first-order chi connectivity index (χ1) is 13.1. The normalized spacial score (nSPS) is 11.3. The molecule has 0 N–H and O–H groups in total. The fourth-order valence-electron chi connectivity index (χ4n) is 3.06. The van der Waals surface area contributed by atoms with E-state index in [2.05, 4.69) is 4.98 Å². The molecule has 4 aromatic rings. The molecule has 132 valence electrons. The van der Waals surface area contributed by atoms with Gasteiger partial charge in [0.15, 0.2) is 0 Å². The number of para-hydroxylation sites is 2. The van der Waals surface area contributed by atoms with E-state index in [-0.39, 0.29) is 5.56 Å². The van der Waals surface area contributed by atoms with Crippen molar-refractivity contribution in [3.05, 3.63) is 99.9 Å². The highest BCUT2D eigenvalue weighted by Gasteiger charge is 2.12. The van der Waals surface area contributed by atoms with Crippen LogP contribution in [0.5, 0.6) is 0 Å². The van der Waals surface area contributed by atoms with Crippen LogP contribution in [0.15, 0.2) is 71.7 Å². The number of hydrogen-bond donors (Lipinski definition) is 0. The quantitative estimate of drug-likeness (QED) is 0.542. The van der Waals surface area contributed by atoms with Gasteiger partial charge in [-0.05, 0) is 61.4 Å². The number of pyridine rings is 1. The number of rotatable bonds is 3. The molecule has 0 aliphatic carbocycles. The zero-order valence-corrected chi connectivity index (χ0v) is 15.3. The van der Waals surface area contributed by atoms with Crippen molar-refractivity contribution >= 4 is 23.1 Å². The Bertz CT molecular complexity index is 1200. The predicted molar refractivity (Wildman–Crippen MR) is 110 cm³/mol. The molecule has 2 heterocycles. The molecule has 0 saturated heterocycles. The molecule has 2 aromatic carbocycles. The van der Waals surface area contributed by atoms with E-state index in [0.29, 0.717) is 16.7 Å². The van der Waals surface area contributed by atoms with Gasteiger partial charge in [-0.1, -0.05) is 36.4 Å². The van der Waals surface area contributed by atoms with E-state index in [1.807, 2.05) is 92.9 Å². The molecule has 4 heteroatoms. The second-order valence-corrected chi connectivity index (χ2v) is 6.48. The molecule has 0 aliphatic heterocycles. The monoisotopic (exact) mass is 353 g/mol. The summed E-state index contributed by atoms with van der Waals surface area (Å²) >= 11 is 0. The zero-order chi connectivity index (χ0) is 18.8. The number of nitrogens with zero attached hydrogens (tertiary/aromatic N) is 3. The van der Waals surface area contributed by atoms with Crippen LogP contribution in [-0.2, 0) is 0 Å². The van der Waals surface area contributed by atoms with Crippen molar-refractivity contribution in [3.63, 3.8) is 0 Å². The van der Waals surface area contributed by atoms with E-state index in [1.165, 1.54) is 0 Å². The minimum absolute atomic E-state index is 0.0726. The maximum absolute atomic E-state index is 13.2. The minimum Gasteiger partial charge on any atom is -0.268 e. The van der Waals surface area contributed by atoms with Gasteiger partial charge in [0.25, 0.3) is 5.56 Å². The van der Waals surface area contributed by atoms with Gasteiger partial charge in [0, 0.05) is 11.9 Å². The van der Waals surface area contributed by atoms with Gasteiger partial charge >= 0.3 is 0 Å². The van der Waals surface area contributed by atoms with Crippen LogP contribution in [0.3, 0.4) is 0 Å². The Morgan fingerprint density at radius 3 is 2.44 bits per heavy atom. The number of benzene rings is 2. The Hall–Kier alpha value is -3.53. The molecular weight excluding hydrogens is 334 g/mol. The van der Waals surface area contributed by atoms with Crippen molar-refractivity contribution in [2.75, 3.05) is 0 Å². The van der Waals surface area contributed by atoms with E-state index in [4.69, 9.17) is 4.98 Å². The van der Waals surface area contributed by atoms with Crippen LogP contribution < -0.4 is 5.56 Å². The summed E-state index contributed by atoms with van der Waals surface area (Å²) in [6.07, 6.45) is 5.60. The molecule has 2 aromatic heterocycles. The van der Waals surface area contributed by atoms with E-state index in [1.54, 1.807) is 4.57 Å². The summed E-state index contributed by atoms with van der Waals surface area (Å²) in [5.74, 6) is 0.591. The van der Waals surface area contributed by atoms with Crippen molar-refractivity contribution in [1.82, 2.24) is 14.5 Å². The first-order valence-corrected chi connectivity index (χ1v) is 8.82. The van der Waals surface area contributed by atoms with Gasteiger partial charge < -0.3 is 0 Å². The Kier molecular flexibility index (Phi) is 4.38. The molecule has 0 fully saturated rings. The largest absolute Gasteiger partial charge is 0.268 e. The molecule has 0 amide bonds. The van der Waals surface area contributed by atoms with Crippen molar-refractivity contribution in [1.29, 1.82) is 0 Å². The van der Waals surface area contributed by atoms with E-state index in [0.717, 1.165) is 22.5 Å². The zero-order valence-electron chi connectivity index (χ0n) is 15.3. The van der Waals surface area contributed by atoms with E-state index >= 15 is 0 Å². The second kappa shape index (κ2) is 7.00. The molecule has 0 atom stereocenters. The fraction of sp³-hybridized carbons (Fsp3) is 0.0870. The third kappa shape index (κ3) is 3.29. The number of fused-ring (bicyclic) bond motifs is 1. The fourth-order valence-corrected chi connectivity index (χ4v) is 3.06. The maximum Gasteiger partial charge on any atom is 0.266 e. The lowest BCUT2D eigenvalue weighted by atomic mass is 10.1. The summed E-state index contributed by atoms with van der Waals surface area (Å²) in [6, 6.07) is 19.2. The summed E-state index contributed by atoms with van der Waals surface area (Å²) in [7, 11) is 0. The van der Waals surface area contributed by atoms with Gasteiger partial charge in [0.05, 0.1) is 16.6 Å². The van der Waals surface area contributed by atoms with Crippen LogP contribution in [0.25, 0.3) is 28.7 Å². The molecule has 0 bridgehead atoms. The van der Waals surface area contributed by atoms with Crippen molar-refractivity contribution < 1.29 is 0 Å². The summed E-state index contributed by atoms with van der Waals surface area (Å²) < 4.78 is 1.68. The average Bonchev–Trinajstić information content (AvgIpc) is 2.69. The van der Waals surface area contributed by atoms with Gasteiger partial charge in [-0.25, -0.2) is 4.98 Å². The lowest BCUT2D eigenvalue weighted by Gasteiger charge is -2.13. The minimum atomic E-state index is -0.0726. The molecule has 0 spiro atoms. The maximum atomic E-state index is 13.2. The molecule has 0 saturated carbocycles. The van der Waals surface area contributed by atoms with Crippen LogP contribution in [0.2, 0.25) is 0 Å². The lowest BCUT2D eigenvalue weighted by Crippen LogP contribution is -2.23. The average molecular weight is 353 g/mol. The van der Waals surface area contributed by atoms with E-state index < -0.39 is 0 Å². The molecule has 4 nitrogen and oxygen atoms in total. The van der Waals surface area contributed by atoms with E-state index in [9.17, 15) is 4.79 Å². The third-order valence-electron chi connectivity index (χ3n) is 4.52.